The average Bonchev–Trinajstić information content (AvgIpc) is 4.02. The highest BCUT2D eigenvalue weighted by Crippen LogP contribution is 2.45. The van der Waals surface area contributed by atoms with Crippen molar-refractivity contribution in [3.8, 4) is 0 Å². The standard InChI is InChI=1S/C38H45F2N5O7S/c1-3-5-6-7-8-12-32(41-27-15-13-26(39)14-16-27)35(47)45-22-28(52-37(49)44-21-24-10-9-11-31(40)30(24)23-44)19-33(45)34(46)42-38(20-25(38)4-2)36(48)43-53(50,51)29-17-18-29/h3-4,9-11,13-16,25,28-29,32-33,41H,1-2,5-8,12,17-23H2,(H,42,46)(H,43,48)/t25-,28-,32+,33+,38-/m1/s1. The van der Waals surface area contributed by atoms with Gasteiger partial charge in [-0.2, -0.15) is 0 Å². The van der Waals surface area contributed by atoms with Gasteiger partial charge in [-0.05, 0) is 74.4 Å². The van der Waals surface area contributed by atoms with Crippen molar-refractivity contribution in [2.45, 2.75) is 99.9 Å². The second kappa shape index (κ2) is 15.7. The van der Waals surface area contributed by atoms with E-state index in [9.17, 15) is 36.4 Å². The number of hydrogen-bond acceptors (Lipinski definition) is 8. The number of halogens is 2. The number of ether oxygens (including phenoxy) is 1. The molecule has 0 spiro atoms. The smallest absolute Gasteiger partial charge is 0.410 e. The molecule has 2 aliphatic carbocycles. The molecule has 4 amide bonds. The molecule has 6 rings (SSSR count). The number of nitrogens with zero attached hydrogens (tertiary/aromatic N) is 2. The third-order valence-corrected chi connectivity index (χ3v) is 12.3. The molecule has 3 fully saturated rings. The summed E-state index contributed by atoms with van der Waals surface area (Å²) >= 11 is 0. The minimum Gasteiger partial charge on any atom is -0.444 e. The van der Waals surface area contributed by atoms with Gasteiger partial charge in [-0.1, -0.05) is 37.1 Å². The van der Waals surface area contributed by atoms with Gasteiger partial charge in [0.15, 0.2) is 0 Å². The second-order valence-corrected chi connectivity index (χ2v) is 16.3. The maximum Gasteiger partial charge on any atom is 0.410 e. The highest BCUT2D eigenvalue weighted by Gasteiger charge is 2.62. The predicted molar refractivity (Wildman–Crippen MR) is 192 cm³/mol. The van der Waals surface area contributed by atoms with Gasteiger partial charge in [0, 0.05) is 30.1 Å². The van der Waals surface area contributed by atoms with Gasteiger partial charge in [0.05, 0.1) is 18.3 Å². The van der Waals surface area contributed by atoms with Gasteiger partial charge in [-0.3, -0.25) is 24.0 Å². The zero-order chi connectivity index (χ0) is 37.9. The molecule has 2 saturated carbocycles. The Kier molecular flexibility index (Phi) is 11.2. The highest BCUT2D eigenvalue weighted by atomic mass is 32.2. The van der Waals surface area contributed by atoms with Crippen molar-refractivity contribution in [2.24, 2.45) is 5.92 Å². The van der Waals surface area contributed by atoms with Crippen LogP contribution in [0.15, 0.2) is 67.8 Å². The Hall–Kier alpha value is -4.79. The van der Waals surface area contributed by atoms with E-state index in [2.05, 4.69) is 28.5 Å². The fourth-order valence-electron chi connectivity index (χ4n) is 7.14. The van der Waals surface area contributed by atoms with Crippen LogP contribution in [0.2, 0.25) is 0 Å². The Morgan fingerprint density at radius 1 is 1.02 bits per heavy atom. The van der Waals surface area contributed by atoms with E-state index >= 15 is 0 Å². The molecule has 12 nitrogen and oxygen atoms in total. The molecule has 0 bridgehead atoms. The quantitative estimate of drug-likeness (QED) is 0.165. The van der Waals surface area contributed by atoms with Crippen LogP contribution in [-0.2, 0) is 42.2 Å². The zero-order valence-electron chi connectivity index (χ0n) is 29.4. The Morgan fingerprint density at radius 3 is 2.43 bits per heavy atom. The van der Waals surface area contributed by atoms with Crippen LogP contribution in [0.25, 0.3) is 0 Å². The second-order valence-electron chi connectivity index (χ2n) is 14.3. The van der Waals surface area contributed by atoms with Crippen LogP contribution in [0.3, 0.4) is 0 Å². The van der Waals surface area contributed by atoms with Crippen LogP contribution < -0.4 is 15.4 Å². The first-order valence-electron chi connectivity index (χ1n) is 18.0. The Balaban J connectivity index is 1.23. The third kappa shape index (κ3) is 8.55. The number of likely N-dealkylation sites (tertiary alicyclic amines) is 1. The van der Waals surface area contributed by atoms with E-state index in [0.29, 0.717) is 42.5 Å². The number of carbonyl (C=O) groups excluding carboxylic acids is 4. The molecule has 2 aromatic rings. The number of hydrogen-bond donors (Lipinski definition) is 3. The lowest BCUT2D eigenvalue weighted by Gasteiger charge is -2.30. The minimum absolute atomic E-state index is 0.0000243. The maximum absolute atomic E-state index is 14.5. The number of amides is 4. The molecule has 284 valence electrons. The third-order valence-electron chi connectivity index (χ3n) is 10.4. The molecule has 0 radical (unpaired) electrons. The molecule has 2 aliphatic heterocycles. The van der Waals surface area contributed by atoms with E-state index < -0.39 is 80.4 Å². The molecule has 0 unspecified atom stereocenters. The number of nitrogens with one attached hydrogen (secondary N) is 3. The van der Waals surface area contributed by atoms with Crippen LogP contribution >= 0.6 is 0 Å². The van der Waals surface area contributed by atoms with Crippen molar-refractivity contribution in [3.63, 3.8) is 0 Å². The van der Waals surface area contributed by atoms with Crippen molar-refractivity contribution in [1.29, 1.82) is 0 Å². The summed E-state index contributed by atoms with van der Waals surface area (Å²) in [4.78, 5) is 58.1. The number of benzene rings is 2. The molecule has 2 aromatic carbocycles. The van der Waals surface area contributed by atoms with Crippen molar-refractivity contribution >= 4 is 39.5 Å². The number of unbranched alkanes of at least 4 members (excludes halogenated alkanes) is 3. The van der Waals surface area contributed by atoms with Crippen molar-refractivity contribution in [3.05, 3.63) is 90.5 Å². The SMILES string of the molecule is C=CCCCCC[C@H](Nc1ccc(F)cc1)C(=O)N1C[C@H](OC(=O)N2Cc3cccc(F)c3C2)C[C@H]1C(=O)N[C@]1(C(=O)NS(=O)(=O)C2CC2)C[C@H]1C=C. The maximum atomic E-state index is 14.5. The number of sulfonamides is 1. The first-order chi connectivity index (χ1) is 25.3. The molecule has 5 atom stereocenters. The number of carbonyl (C=O) groups is 4. The van der Waals surface area contributed by atoms with Gasteiger partial charge in [0.2, 0.25) is 21.8 Å². The van der Waals surface area contributed by atoms with E-state index in [1.54, 1.807) is 12.1 Å². The zero-order valence-corrected chi connectivity index (χ0v) is 30.2. The minimum atomic E-state index is -3.92. The van der Waals surface area contributed by atoms with Crippen LogP contribution in [0, 0.1) is 17.6 Å². The first kappa shape index (κ1) is 38.0. The lowest BCUT2D eigenvalue weighted by Crippen LogP contribution is -2.57. The molecule has 53 heavy (non-hydrogen) atoms. The largest absolute Gasteiger partial charge is 0.444 e. The average molecular weight is 754 g/mol. The number of anilines is 1. The summed E-state index contributed by atoms with van der Waals surface area (Å²) in [5.41, 5.74) is -0.0638. The molecule has 0 aromatic heterocycles. The van der Waals surface area contributed by atoms with Gasteiger partial charge in [-0.15, -0.1) is 13.2 Å². The molecule has 3 N–H and O–H groups in total. The van der Waals surface area contributed by atoms with E-state index in [4.69, 9.17) is 4.74 Å². The summed E-state index contributed by atoms with van der Waals surface area (Å²) < 4.78 is 61.5. The molecule has 1 saturated heterocycles. The highest BCUT2D eigenvalue weighted by molar-refractivity contribution is 7.91. The summed E-state index contributed by atoms with van der Waals surface area (Å²) in [5, 5.41) is 5.26. The lowest BCUT2D eigenvalue weighted by atomic mass is 10.0. The van der Waals surface area contributed by atoms with Gasteiger partial charge in [0.25, 0.3) is 5.91 Å². The van der Waals surface area contributed by atoms with Crippen molar-refractivity contribution in [2.75, 3.05) is 11.9 Å². The fraction of sp³-hybridized carbons (Fsp3) is 0.474. The van der Waals surface area contributed by atoms with Gasteiger partial charge in [-0.25, -0.2) is 22.0 Å². The van der Waals surface area contributed by atoms with E-state index in [-0.39, 0.29) is 32.5 Å². The Morgan fingerprint density at radius 2 is 1.77 bits per heavy atom. The summed E-state index contributed by atoms with van der Waals surface area (Å²) in [6.45, 7) is 7.47. The molecular formula is C38H45F2N5O7S. The van der Waals surface area contributed by atoms with Gasteiger partial charge >= 0.3 is 6.09 Å². The Labute approximate surface area is 308 Å². The van der Waals surface area contributed by atoms with Crippen LogP contribution in [0.1, 0.15) is 68.9 Å². The number of fused-ring (bicyclic) bond motifs is 1. The molecular weight excluding hydrogens is 709 g/mol. The predicted octanol–water partition coefficient (Wildman–Crippen LogP) is 4.67. The topological polar surface area (TPSA) is 154 Å². The van der Waals surface area contributed by atoms with Gasteiger partial charge < -0.3 is 20.3 Å². The van der Waals surface area contributed by atoms with Crippen molar-refractivity contribution < 1.29 is 41.1 Å². The van der Waals surface area contributed by atoms with Gasteiger partial charge in [0.1, 0.15) is 35.4 Å². The molecule has 15 heteroatoms. The summed E-state index contributed by atoms with van der Waals surface area (Å²) in [6, 6.07) is 8.08. The van der Waals surface area contributed by atoms with Crippen LogP contribution in [-0.4, -0.2) is 77.6 Å². The lowest BCUT2D eigenvalue weighted by molar-refractivity contribution is -0.140. The monoisotopic (exact) mass is 753 g/mol. The Bertz CT molecular complexity index is 1870. The van der Waals surface area contributed by atoms with E-state index in [0.717, 1.165) is 19.3 Å². The number of allylic oxidation sites excluding steroid dienone is 1. The van der Waals surface area contributed by atoms with E-state index in [1.165, 1.54) is 46.2 Å². The van der Waals surface area contributed by atoms with Crippen LogP contribution in [0.5, 0.6) is 0 Å². The first-order valence-corrected chi connectivity index (χ1v) is 19.6. The molecule has 4 aliphatic rings. The van der Waals surface area contributed by atoms with E-state index in [1.807, 2.05) is 6.08 Å². The molecule has 2 heterocycles. The number of rotatable bonds is 16. The normalized spacial score (nSPS) is 23.8. The summed E-state index contributed by atoms with van der Waals surface area (Å²) in [6.07, 6.45) is 5.96. The van der Waals surface area contributed by atoms with Crippen molar-refractivity contribution in [1.82, 2.24) is 19.8 Å². The summed E-state index contributed by atoms with van der Waals surface area (Å²) in [7, 11) is -3.92. The van der Waals surface area contributed by atoms with Crippen LogP contribution in [0.4, 0.5) is 19.3 Å². The summed E-state index contributed by atoms with van der Waals surface area (Å²) in [5.74, 6) is -3.51. The fourth-order valence-corrected chi connectivity index (χ4v) is 8.50.